The van der Waals surface area contributed by atoms with Crippen LogP contribution in [0.5, 0.6) is 0 Å². The highest BCUT2D eigenvalue weighted by atomic mass is 32.2. The predicted molar refractivity (Wildman–Crippen MR) is 93.7 cm³/mol. The molecule has 0 unspecified atom stereocenters. The van der Waals surface area contributed by atoms with E-state index in [4.69, 9.17) is 12.2 Å². The van der Waals surface area contributed by atoms with Gasteiger partial charge in [-0.3, -0.25) is 0 Å². The molecule has 0 fully saturated rings. The Hall–Kier alpha value is 0.200. The zero-order valence-electron chi connectivity index (χ0n) is 12.8. The van der Waals surface area contributed by atoms with Gasteiger partial charge in [-0.25, -0.2) is 5.43 Å². The summed E-state index contributed by atoms with van der Waals surface area (Å²) in [5.41, 5.74) is 6.24. The maximum absolute atomic E-state index is 5.24. The lowest BCUT2D eigenvalue weighted by Gasteiger charge is -2.08. The van der Waals surface area contributed by atoms with Gasteiger partial charge in [0.05, 0.1) is 0 Å². The predicted octanol–water partition coefficient (Wildman–Crippen LogP) is 5.04. The minimum absolute atomic E-state index is 0.888. The molecule has 0 aliphatic heterocycles. The largest absolute Gasteiger partial charge is 0.307 e. The van der Waals surface area contributed by atoms with Crippen LogP contribution in [0.2, 0.25) is 0 Å². The third kappa shape index (κ3) is 16.1. The maximum atomic E-state index is 5.24. The number of hydrazine groups is 1. The number of thiocarbonyl (C=S) groups is 1. The minimum Gasteiger partial charge on any atom is -0.307 e. The van der Waals surface area contributed by atoms with Crippen LogP contribution in [0.3, 0.4) is 0 Å². The molecule has 2 nitrogen and oxygen atoms in total. The van der Waals surface area contributed by atoms with Crippen LogP contribution in [-0.4, -0.2) is 16.6 Å². The van der Waals surface area contributed by atoms with E-state index in [1.165, 1.54) is 64.2 Å². The minimum atomic E-state index is 0.888. The van der Waals surface area contributed by atoms with E-state index in [9.17, 15) is 0 Å². The summed E-state index contributed by atoms with van der Waals surface area (Å²) >= 11 is 7.01. The molecule has 2 N–H and O–H groups in total. The molecular weight excluding hydrogens is 272 g/mol. The van der Waals surface area contributed by atoms with Gasteiger partial charge in [-0.15, -0.1) is 0 Å². The van der Waals surface area contributed by atoms with Crippen LogP contribution < -0.4 is 10.9 Å². The van der Waals surface area contributed by atoms with E-state index in [0.717, 1.165) is 16.6 Å². The lowest BCUT2D eigenvalue weighted by molar-refractivity contribution is 0.586. The van der Waals surface area contributed by atoms with Crippen molar-refractivity contribution in [3.63, 3.8) is 0 Å². The summed E-state index contributed by atoms with van der Waals surface area (Å²) in [6.45, 7) is 5.46. The normalized spacial score (nSPS) is 10.6. The van der Waals surface area contributed by atoms with E-state index < -0.39 is 0 Å². The molecule has 19 heavy (non-hydrogen) atoms. The fourth-order valence-corrected chi connectivity index (χ4v) is 2.84. The summed E-state index contributed by atoms with van der Waals surface area (Å²) < 4.78 is 0.888. The molecule has 114 valence electrons. The Morgan fingerprint density at radius 2 is 1.42 bits per heavy atom. The van der Waals surface area contributed by atoms with Crippen LogP contribution in [0.15, 0.2) is 0 Å². The van der Waals surface area contributed by atoms with Crippen molar-refractivity contribution in [2.45, 2.75) is 78.1 Å². The molecule has 0 amide bonds. The summed E-state index contributed by atoms with van der Waals surface area (Å²) in [5, 5.41) is 0. The summed E-state index contributed by atoms with van der Waals surface area (Å²) in [6.07, 6.45) is 13.4. The average Bonchev–Trinajstić information content (AvgIpc) is 2.42. The third-order valence-electron chi connectivity index (χ3n) is 3.08. The standard InChI is InChI=1S/C15H32N2S2/c1-3-5-7-8-9-10-11-12-14-19-15(18)17-16-13-6-4-2/h16H,3-14H2,1-2H3,(H,17,18). The highest BCUT2D eigenvalue weighted by molar-refractivity contribution is 8.22. The van der Waals surface area contributed by atoms with Gasteiger partial charge in [0, 0.05) is 12.3 Å². The van der Waals surface area contributed by atoms with Crippen molar-refractivity contribution >= 4 is 28.3 Å². The Balaban J connectivity index is 3.10. The van der Waals surface area contributed by atoms with Crippen molar-refractivity contribution in [1.82, 2.24) is 10.9 Å². The van der Waals surface area contributed by atoms with Crippen LogP contribution in [0.1, 0.15) is 78.1 Å². The van der Waals surface area contributed by atoms with Crippen molar-refractivity contribution < 1.29 is 0 Å². The van der Waals surface area contributed by atoms with Gasteiger partial charge in [-0.1, -0.05) is 89.2 Å². The van der Waals surface area contributed by atoms with E-state index >= 15 is 0 Å². The van der Waals surface area contributed by atoms with Gasteiger partial charge in [0.2, 0.25) is 0 Å². The van der Waals surface area contributed by atoms with Crippen LogP contribution in [0, 0.1) is 0 Å². The zero-order chi connectivity index (χ0) is 14.2. The van der Waals surface area contributed by atoms with Gasteiger partial charge in [-0.05, 0) is 12.8 Å². The highest BCUT2D eigenvalue weighted by Crippen LogP contribution is 2.11. The molecule has 0 saturated heterocycles. The maximum Gasteiger partial charge on any atom is 0.148 e. The van der Waals surface area contributed by atoms with Crippen molar-refractivity contribution in [2.75, 3.05) is 12.3 Å². The summed E-state index contributed by atoms with van der Waals surface area (Å²) in [7, 11) is 0. The molecule has 0 bridgehead atoms. The summed E-state index contributed by atoms with van der Waals surface area (Å²) in [5.74, 6) is 1.15. The van der Waals surface area contributed by atoms with Crippen LogP contribution in [-0.2, 0) is 0 Å². The second-order valence-corrected chi connectivity index (χ2v) is 6.79. The molecule has 0 aromatic heterocycles. The molecule has 0 spiro atoms. The topological polar surface area (TPSA) is 24.1 Å². The van der Waals surface area contributed by atoms with E-state index in [2.05, 4.69) is 24.7 Å². The lowest BCUT2D eigenvalue weighted by atomic mass is 10.1. The van der Waals surface area contributed by atoms with Crippen LogP contribution >= 0.6 is 24.0 Å². The third-order valence-corrected chi connectivity index (χ3v) is 4.39. The number of unbranched alkanes of at least 4 members (excludes halogenated alkanes) is 8. The van der Waals surface area contributed by atoms with Gasteiger partial charge >= 0.3 is 0 Å². The number of nitrogens with one attached hydrogen (secondary N) is 2. The number of hydrogen-bond acceptors (Lipinski definition) is 3. The molecule has 0 aliphatic rings. The molecule has 0 aromatic rings. The molecule has 0 aliphatic carbocycles. The smallest absolute Gasteiger partial charge is 0.148 e. The molecule has 0 rings (SSSR count). The number of rotatable bonds is 13. The van der Waals surface area contributed by atoms with Crippen molar-refractivity contribution in [3.05, 3.63) is 0 Å². The van der Waals surface area contributed by atoms with E-state index in [1.54, 1.807) is 11.8 Å². The quantitative estimate of drug-likeness (QED) is 0.283. The average molecular weight is 305 g/mol. The lowest BCUT2D eigenvalue weighted by Crippen LogP contribution is -2.35. The van der Waals surface area contributed by atoms with Gasteiger partial charge in [0.25, 0.3) is 0 Å². The summed E-state index contributed by atoms with van der Waals surface area (Å²) in [4.78, 5) is 0. The molecule has 0 heterocycles. The summed E-state index contributed by atoms with van der Waals surface area (Å²) in [6, 6.07) is 0. The Morgan fingerprint density at radius 1 is 0.842 bits per heavy atom. The Kier molecular flexibility index (Phi) is 16.4. The Labute approximate surface area is 129 Å². The first-order valence-corrected chi connectivity index (χ1v) is 9.36. The second-order valence-electron chi connectivity index (χ2n) is 5.02. The van der Waals surface area contributed by atoms with Crippen LogP contribution in [0.4, 0.5) is 0 Å². The van der Waals surface area contributed by atoms with E-state index in [1.807, 2.05) is 0 Å². The first-order chi connectivity index (χ1) is 9.31. The van der Waals surface area contributed by atoms with Crippen LogP contribution in [0.25, 0.3) is 0 Å². The SMILES string of the molecule is CCCCCCCCCCSC(=S)NNCCCC. The first kappa shape index (κ1) is 19.2. The zero-order valence-corrected chi connectivity index (χ0v) is 14.4. The highest BCUT2D eigenvalue weighted by Gasteiger charge is 1.97. The molecular formula is C15H32N2S2. The van der Waals surface area contributed by atoms with Gasteiger partial charge < -0.3 is 5.43 Å². The second kappa shape index (κ2) is 16.3. The van der Waals surface area contributed by atoms with Crippen molar-refractivity contribution in [2.24, 2.45) is 0 Å². The fraction of sp³-hybridized carbons (Fsp3) is 0.933. The van der Waals surface area contributed by atoms with E-state index in [-0.39, 0.29) is 0 Å². The molecule has 0 atom stereocenters. The number of thioether (sulfide) groups is 1. The van der Waals surface area contributed by atoms with Crippen molar-refractivity contribution in [3.8, 4) is 0 Å². The van der Waals surface area contributed by atoms with E-state index in [0.29, 0.717) is 0 Å². The number of hydrogen-bond donors (Lipinski definition) is 2. The Morgan fingerprint density at radius 3 is 2.05 bits per heavy atom. The van der Waals surface area contributed by atoms with Crippen molar-refractivity contribution in [1.29, 1.82) is 0 Å². The molecule has 4 heteroatoms. The van der Waals surface area contributed by atoms with Gasteiger partial charge in [-0.2, -0.15) is 0 Å². The molecule has 0 aromatic carbocycles. The first-order valence-electron chi connectivity index (χ1n) is 7.96. The van der Waals surface area contributed by atoms with Gasteiger partial charge in [0.1, 0.15) is 4.32 Å². The molecule has 0 saturated carbocycles. The molecule has 0 radical (unpaired) electrons. The fourth-order valence-electron chi connectivity index (χ4n) is 1.84. The van der Waals surface area contributed by atoms with Gasteiger partial charge in [0.15, 0.2) is 0 Å². The monoisotopic (exact) mass is 304 g/mol. The Bertz CT molecular complexity index is 199.